The van der Waals surface area contributed by atoms with Crippen LogP contribution in [0.2, 0.25) is 5.02 Å². The third-order valence-electron chi connectivity index (χ3n) is 2.34. The number of rotatable bonds is 7. The molecule has 8 heteroatoms. The molecule has 0 saturated heterocycles. The molecule has 7 nitrogen and oxygen atoms in total. The van der Waals surface area contributed by atoms with Crippen LogP contribution in [0, 0.1) is 10.1 Å². The van der Waals surface area contributed by atoms with E-state index < -0.39 is 4.92 Å². The molecule has 0 unspecified atom stereocenters. The summed E-state index contributed by atoms with van der Waals surface area (Å²) in [4.78, 5) is 20.8. The Bertz CT molecular complexity index is 467. The van der Waals surface area contributed by atoms with Gasteiger partial charge in [-0.1, -0.05) is 11.6 Å². The van der Waals surface area contributed by atoms with Crippen LogP contribution in [0.1, 0.15) is 19.3 Å². The Labute approximate surface area is 114 Å². The van der Waals surface area contributed by atoms with Crippen LogP contribution < -0.4 is 16.0 Å². The summed E-state index contributed by atoms with van der Waals surface area (Å²) in [6.45, 7) is 0.395. The van der Waals surface area contributed by atoms with E-state index in [1.165, 1.54) is 18.2 Å². The van der Waals surface area contributed by atoms with Crippen LogP contribution >= 0.6 is 11.6 Å². The van der Waals surface area contributed by atoms with Crippen LogP contribution in [-0.4, -0.2) is 17.4 Å². The van der Waals surface area contributed by atoms with Gasteiger partial charge in [0.15, 0.2) is 0 Å². The Hall–Kier alpha value is -1.86. The second-order valence-corrected chi connectivity index (χ2v) is 4.15. The van der Waals surface area contributed by atoms with E-state index >= 15 is 0 Å². The number of carbonyl (C=O) groups excluding carboxylic acids is 1. The molecule has 0 fully saturated rings. The minimum atomic E-state index is -0.558. The summed E-state index contributed by atoms with van der Waals surface area (Å²) in [6, 6.07) is 4.17. The number of ether oxygens (including phenoxy) is 1. The summed E-state index contributed by atoms with van der Waals surface area (Å²) in [7, 11) is 0. The molecule has 104 valence electrons. The van der Waals surface area contributed by atoms with Gasteiger partial charge in [-0.3, -0.25) is 20.3 Å². The molecule has 0 heterocycles. The second kappa shape index (κ2) is 7.55. The van der Waals surface area contributed by atoms with Gasteiger partial charge in [-0.2, -0.15) is 0 Å². The van der Waals surface area contributed by atoms with E-state index in [2.05, 4.69) is 0 Å². The summed E-state index contributed by atoms with van der Waals surface area (Å²) < 4.78 is 5.37. The number of halogens is 1. The first-order valence-corrected chi connectivity index (χ1v) is 5.98. The van der Waals surface area contributed by atoms with Crippen LogP contribution in [0.5, 0.6) is 5.75 Å². The topological polar surface area (TPSA) is 107 Å². The van der Waals surface area contributed by atoms with Gasteiger partial charge in [0.1, 0.15) is 10.8 Å². The maximum atomic E-state index is 10.8. The lowest BCUT2D eigenvalue weighted by Crippen LogP contribution is -2.29. The zero-order valence-electron chi connectivity index (χ0n) is 10.1. The Morgan fingerprint density at radius 2 is 2.21 bits per heavy atom. The average Bonchev–Trinajstić information content (AvgIpc) is 2.37. The molecule has 0 bridgehead atoms. The van der Waals surface area contributed by atoms with Crippen molar-refractivity contribution in [3.8, 4) is 5.75 Å². The molecule has 0 aliphatic heterocycles. The SMILES string of the molecule is NNC(=O)CCCCOc1ccc([N+](=O)[O-])c(Cl)c1. The minimum Gasteiger partial charge on any atom is -0.494 e. The Morgan fingerprint density at radius 1 is 1.47 bits per heavy atom. The van der Waals surface area contributed by atoms with Crippen LogP contribution in [-0.2, 0) is 4.79 Å². The quantitative estimate of drug-likeness (QED) is 0.261. The fourth-order valence-corrected chi connectivity index (χ4v) is 1.61. The molecule has 1 rings (SSSR count). The maximum Gasteiger partial charge on any atom is 0.288 e. The summed E-state index contributed by atoms with van der Waals surface area (Å²) in [5.74, 6) is 5.17. The fraction of sp³-hybridized carbons (Fsp3) is 0.364. The highest BCUT2D eigenvalue weighted by Crippen LogP contribution is 2.28. The summed E-state index contributed by atoms with van der Waals surface area (Å²) in [5, 5.41) is 10.6. The van der Waals surface area contributed by atoms with E-state index in [9.17, 15) is 14.9 Å². The molecule has 1 aromatic carbocycles. The Kier molecular flexibility index (Phi) is 6.04. The van der Waals surface area contributed by atoms with Crippen molar-refractivity contribution in [1.82, 2.24) is 5.43 Å². The number of hydrazine groups is 1. The van der Waals surface area contributed by atoms with Gasteiger partial charge in [-0.15, -0.1) is 0 Å². The molecule has 0 aliphatic carbocycles. The van der Waals surface area contributed by atoms with Gasteiger partial charge < -0.3 is 4.74 Å². The standard InChI is InChI=1S/C11H14ClN3O4/c12-9-7-8(4-5-10(9)15(17)18)19-6-2-1-3-11(16)14-13/h4-5,7H,1-3,6,13H2,(H,14,16). The van der Waals surface area contributed by atoms with Gasteiger partial charge in [0.2, 0.25) is 5.91 Å². The fourth-order valence-electron chi connectivity index (χ4n) is 1.38. The summed E-state index contributed by atoms with van der Waals surface area (Å²) in [5.41, 5.74) is 1.88. The molecule has 1 aromatic rings. The van der Waals surface area contributed by atoms with E-state index in [0.717, 1.165) is 0 Å². The molecule has 0 aliphatic rings. The highest BCUT2D eigenvalue weighted by Gasteiger charge is 2.12. The molecule has 0 saturated carbocycles. The van der Waals surface area contributed by atoms with Crippen LogP contribution in [0.4, 0.5) is 5.69 Å². The maximum absolute atomic E-state index is 10.8. The van der Waals surface area contributed by atoms with Crippen molar-refractivity contribution in [3.05, 3.63) is 33.3 Å². The lowest BCUT2D eigenvalue weighted by Gasteiger charge is -2.06. The zero-order valence-corrected chi connectivity index (χ0v) is 10.9. The largest absolute Gasteiger partial charge is 0.494 e. The van der Waals surface area contributed by atoms with Gasteiger partial charge in [-0.25, -0.2) is 5.84 Å². The van der Waals surface area contributed by atoms with E-state index in [4.69, 9.17) is 22.2 Å². The van der Waals surface area contributed by atoms with Gasteiger partial charge in [0.25, 0.3) is 5.69 Å². The first kappa shape index (κ1) is 15.2. The summed E-state index contributed by atoms with van der Waals surface area (Å²) in [6.07, 6.45) is 1.65. The normalized spacial score (nSPS) is 10.0. The van der Waals surface area contributed by atoms with E-state index in [1.807, 2.05) is 5.43 Å². The molecule has 19 heavy (non-hydrogen) atoms. The predicted molar refractivity (Wildman–Crippen MR) is 69.8 cm³/mol. The molecule has 0 radical (unpaired) electrons. The van der Waals surface area contributed by atoms with Crippen LogP contribution in [0.3, 0.4) is 0 Å². The highest BCUT2D eigenvalue weighted by molar-refractivity contribution is 6.32. The monoisotopic (exact) mass is 287 g/mol. The van der Waals surface area contributed by atoms with Crippen molar-refractivity contribution in [1.29, 1.82) is 0 Å². The van der Waals surface area contributed by atoms with Gasteiger partial charge in [-0.05, 0) is 18.9 Å². The molecule has 0 aromatic heterocycles. The number of benzene rings is 1. The van der Waals surface area contributed by atoms with Gasteiger partial charge in [0, 0.05) is 18.6 Å². The lowest BCUT2D eigenvalue weighted by molar-refractivity contribution is -0.384. The molecular weight excluding hydrogens is 274 g/mol. The predicted octanol–water partition coefficient (Wildman–Crippen LogP) is 1.79. The molecule has 0 spiro atoms. The van der Waals surface area contributed by atoms with Crippen LogP contribution in [0.25, 0.3) is 0 Å². The number of nitrogens with two attached hydrogens (primary N) is 1. The molecule has 0 atom stereocenters. The number of carbonyl (C=O) groups is 1. The molecule has 3 N–H and O–H groups in total. The number of amides is 1. The zero-order chi connectivity index (χ0) is 14.3. The van der Waals surface area contributed by atoms with E-state index in [1.54, 1.807) is 0 Å². The van der Waals surface area contributed by atoms with Gasteiger partial charge in [0.05, 0.1) is 11.5 Å². The van der Waals surface area contributed by atoms with E-state index in [-0.39, 0.29) is 16.6 Å². The Morgan fingerprint density at radius 3 is 2.79 bits per heavy atom. The molecule has 1 amide bonds. The number of nitrogens with zero attached hydrogens (tertiary/aromatic N) is 1. The van der Waals surface area contributed by atoms with Crippen molar-refractivity contribution in [3.63, 3.8) is 0 Å². The summed E-state index contributed by atoms with van der Waals surface area (Å²) >= 11 is 5.74. The smallest absolute Gasteiger partial charge is 0.288 e. The second-order valence-electron chi connectivity index (χ2n) is 3.74. The average molecular weight is 288 g/mol. The van der Waals surface area contributed by atoms with E-state index in [0.29, 0.717) is 31.6 Å². The Balaban J connectivity index is 2.36. The molecular formula is C11H14ClN3O4. The third kappa shape index (κ3) is 5.11. The number of hydrogen-bond donors (Lipinski definition) is 2. The number of hydrogen-bond acceptors (Lipinski definition) is 5. The van der Waals surface area contributed by atoms with Gasteiger partial charge >= 0.3 is 0 Å². The first-order chi connectivity index (χ1) is 9.04. The van der Waals surface area contributed by atoms with Crippen molar-refractivity contribution in [2.24, 2.45) is 5.84 Å². The van der Waals surface area contributed by atoms with Crippen molar-refractivity contribution >= 4 is 23.2 Å². The highest BCUT2D eigenvalue weighted by atomic mass is 35.5. The van der Waals surface area contributed by atoms with Crippen molar-refractivity contribution in [2.45, 2.75) is 19.3 Å². The number of nitro benzene ring substituents is 1. The first-order valence-electron chi connectivity index (χ1n) is 5.60. The van der Waals surface area contributed by atoms with Crippen molar-refractivity contribution in [2.75, 3.05) is 6.61 Å². The third-order valence-corrected chi connectivity index (χ3v) is 2.65. The van der Waals surface area contributed by atoms with Crippen molar-refractivity contribution < 1.29 is 14.5 Å². The van der Waals surface area contributed by atoms with Crippen LogP contribution in [0.15, 0.2) is 18.2 Å². The number of unbranched alkanes of at least 4 members (excludes halogenated alkanes) is 1. The number of nitro groups is 1. The number of nitrogens with one attached hydrogen (secondary N) is 1. The minimum absolute atomic E-state index is 0.0324. The lowest BCUT2D eigenvalue weighted by atomic mass is 10.2.